The van der Waals surface area contributed by atoms with Crippen molar-refractivity contribution in [3.8, 4) is 11.5 Å². The minimum atomic E-state index is -0.904. The quantitative estimate of drug-likeness (QED) is 0.887. The maximum Gasteiger partial charge on any atom is 0.305 e. The van der Waals surface area contributed by atoms with Crippen LogP contribution >= 0.6 is 0 Å². The van der Waals surface area contributed by atoms with Gasteiger partial charge in [0.15, 0.2) is 11.5 Å². The Hall–Kier alpha value is -1.75. The molecule has 20 heavy (non-hydrogen) atoms. The first kappa shape index (κ1) is 13.2. The number of aliphatic carboxylic acids is 1. The van der Waals surface area contributed by atoms with E-state index in [-0.39, 0.29) is 6.42 Å². The number of carboxylic acid groups (broad SMARTS) is 1. The standard InChI is InChI=1S/C15H19NO4/c16-11(9-14(17)18)10-4-5-12-13(8-10)20-15(19-12)6-2-1-3-7-15/h4-5,8,11H,1-3,6-7,9,16H2,(H,17,18). The highest BCUT2D eigenvalue weighted by Gasteiger charge is 2.42. The van der Waals surface area contributed by atoms with Crippen molar-refractivity contribution in [3.05, 3.63) is 23.8 Å². The summed E-state index contributed by atoms with van der Waals surface area (Å²) in [6.45, 7) is 0. The molecule has 3 rings (SSSR count). The van der Waals surface area contributed by atoms with E-state index in [9.17, 15) is 4.79 Å². The Morgan fingerprint density at radius 1 is 1.25 bits per heavy atom. The fourth-order valence-corrected chi connectivity index (χ4v) is 2.94. The molecule has 0 radical (unpaired) electrons. The lowest BCUT2D eigenvalue weighted by atomic mass is 9.94. The van der Waals surface area contributed by atoms with E-state index in [1.807, 2.05) is 18.2 Å². The number of carbonyl (C=O) groups is 1. The van der Waals surface area contributed by atoms with E-state index in [4.69, 9.17) is 20.3 Å². The van der Waals surface area contributed by atoms with Gasteiger partial charge >= 0.3 is 5.97 Å². The maximum atomic E-state index is 10.7. The second kappa shape index (κ2) is 4.98. The van der Waals surface area contributed by atoms with Crippen LogP contribution in [0.15, 0.2) is 18.2 Å². The van der Waals surface area contributed by atoms with Crippen LogP contribution in [0.4, 0.5) is 0 Å². The van der Waals surface area contributed by atoms with E-state index < -0.39 is 17.8 Å². The molecule has 1 fully saturated rings. The summed E-state index contributed by atoms with van der Waals surface area (Å²) in [5.41, 5.74) is 6.65. The zero-order valence-electron chi connectivity index (χ0n) is 11.3. The molecule has 1 aromatic carbocycles. The lowest BCUT2D eigenvalue weighted by Crippen LogP contribution is -2.40. The van der Waals surface area contributed by atoms with Crippen LogP contribution in [0.1, 0.15) is 50.1 Å². The summed E-state index contributed by atoms with van der Waals surface area (Å²) in [5.74, 6) is 0.0122. The number of hydrogen-bond acceptors (Lipinski definition) is 4. The molecule has 1 saturated carbocycles. The molecule has 3 N–H and O–H groups in total. The van der Waals surface area contributed by atoms with Crippen LogP contribution in [0.3, 0.4) is 0 Å². The van der Waals surface area contributed by atoms with Gasteiger partial charge in [-0.3, -0.25) is 4.79 Å². The number of hydrogen-bond donors (Lipinski definition) is 2. The summed E-state index contributed by atoms with van der Waals surface area (Å²) in [4.78, 5) is 10.7. The Morgan fingerprint density at radius 2 is 1.95 bits per heavy atom. The van der Waals surface area contributed by atoms with Crippen molar-refractivity contribution >= 4 is 5.97 Å². The van der Waals surface area contributed by atoms with Gasteiger partial charge in [-0.05, 0) is 30.5 Å². The van der Waals surface area contributed by atoms with Crippen molar-refractivity contribution in [3.63, 3.8) is 0 Å². The second-order valence-corrected chi connectivity index (χ2v) is 5.59. The van der Waals surface area contributed by atoms with E-state index in [0.717, 1.165) is 37.0 Å². The van der Waals surface area contributed by atoms with Crippen LogP contribution in [-0.2, 0) is 4.79 Å². The van der Waals surface area contributed by atoms with E-state index >= 15 is 0 Å². The molecule has 1 heterocycles. The lowest BCUT2D eigenvalue weighted by Gasteiger charge is -2.31. The third kappa shape index (κ3) is 2.45. The zero-order valence-corrected chi connectivity index (χ0v) is 11.3. The molecule has 1 spiro atoms. The van der Waals surface area contributed by atoms with Crippen molar-refractivity contribution in [1.82, 2.24) is 0 Å². The molecule has 2 aliphatic rings. The smallest absolute Gasteiger partial charge is 0.305 e. The molecule has 1 aliphatic heterocycles. The van der Waals surface area contributed by atoms with Gasteiger partial charge in [-0.25, -0.2) is 0 Å². The Bertz CT molecular complexity index is 523. The third-order valence-electron chi connectivity index (χ3n) is 4.00. The maximum absolute atomic E-state index is 10.7. The van der Waals surface area contributed by atoms with Crippen LogP contribution in [0.2, 0.25) is 0 Å². The van der Waals surface area contributed by atoms with Crippen molar-refractivity contribution in [1.29, 1.82) is 0 Å². The Labute approximate surface area is 117 Å². The molecular weight excluding hydrogens is 258 g/mol. The van der Waals surface area contributed by atoms with Gasteiger partial charge in [0.1, 0.15) is 0 Å². The van der Waals surface area contributed by atoms with Gasteiger partial charge in [0.25, 0.3) is 5.79 Å². The van der Waals surface area contributed by atoms with Gasteiger partial charge in [-0.15, -0.1) is 0 Å². The monoisotopic (exact) mass is 277 g/mol. The van der Waals surface area contributed by atoms with Crippen LogP contribution in [0.5, 0.6) is 11.5 Å². The SMILES string of the molecule is NC(CC(=O)O)c1ccc2c(c1)OC1(CCCCC1)O2. The Morgan fingerprint density at radius 3 is 2.65 bits per heavy atom. The number of carboxylic acids is 1. The molecule has 1 aliphatic carbocycles. The lowest BCUT2D eigenvalue weighted by molar-refractivity contribution is -0.137. The third-order valence-corrected chi connectivity index (χ3v) is 4.00. The molecule has 5 heteroatoms. The molecule has 5 nitrogen and oxygen atoms in total. The molecular formula is C15H19NO4. The van der Waals surface area contributed by atoms with Gasteiger partial charge in [-0.1, -0.05) is 12.5 Å². The molecule has 1 aromatic rings. The van der Waals surface area contributed by atoms with Crippen molar-refractivity contribution in [2.45, 2.75) is 50.4 Å². The van der Waals surface area contributed by atoms with Gasteiger partial charge in [-0.2, -0.15) is 0 Å². The average Bonchev–Trinajstić information content (AvgIpc) is 2.75. The number of nitrogens with two attached hydrogens (primary N) is 1. The fourth-order valence-electron chi connectivity index (χ4n) is 2.94. The van der Waals surface area contributed by atoms with Crippen LogP contribution < -0.4 is 15.2 Å². The van der Waals surface area contributed by atoms with Crippen LogP contribution in [0, 0.1) is 0 Å². The normalized spacial score (nSPS) is 20.9. The Kier molecular flexibility index (Phi) is 3.30. The molecule has 1 atom stereocenters. The number of rotatable bonds is 3. The molecule has 0 aromatic heterocycles. The largest absolute Gasteiger partial charge is 0.481 e. The first-order chi connectivity index (χ1) is 9.58. The van der Waals surface area contributed by atoms with E-state index in [0.29, 0.717) is 5.75 Å². The van der Waals surface area contributed by atoms with Crippen molar-refractivity contribution in [2.75, 3.05) is 0 Å². The van der Waals surface area contributed by atoms with Crippen molar-refractivity contribution in [2.24, 2.45) is 5.73 Å². The summed E-state index contributed by atoms with van der Waals surface area (Å²) < 4.78 is 12.0. The predicted octanol–water partition coefficient (Wildman–Crippen LogP) is 2.59. The first-order valence-corrected chi connectivity index (χ1v) is 7.07. The minimum absolute atomic E-state index is 0.0925. The highest BCUT2D eigenvalue weighted by molar-refractivity contribution is 5.68. The summed E-state index contributed by atoms with van der Waals surface area (Å²) in [5, 5.41) is 8.80. The van der Waals surface area contributed by atoms with E-state index in [2.05, 4.69) is 0 Å². The number of ether oxygens (including phenoxy) is 2. The Balaban J connectivity index is 1.79. The first-order valence-electron chi connectivity index (χ1n) is 7.07. The summed E-state index contributed by atoms with van der Waals surface area (Å²) in [6, 6.07) is 4.93. The van der Waals surface area contributed by atoms with Gasteiger partial charge < -0.3 is 20.3 Å². The average molecular weight is 277 g/mol. The molecule has 0 bridgehead atoms. The minimum Gasteiger partial charge on any atom is -0.481 e. The van der Waals surface area contributed by atoms with Gasteiger partial charge in [0, 0.05) is 18.9 Å². The van der Waals surface area contributed by atoms with Gasteiger partial charge in [0.05, 0.1) is 6.42 Å². The molecule has 1 unspecified atom stereocenters. The molecule has 0 saturated heterocycles. The number of fused-ring (bicyclic) bond motifs is 1. The van der Waals surface area contributed by atoms with E-state index in [1.54, 1.807) is 0 Å². The summed E-state index contributed by atoms with van der Waals surface area (Å²) in [7, 11) is 0. The number of benzene rings is 1. The topological polar surface area (TPSA) is 81.8 Å². The molecule has 108 valence electrons. The van der Waals surface area contributed by atoms with Crippen LogP contribution in [-0.4, -0.2) is 16.9 Å². The zero-order chi connectivity index (χ0) is 14.2. The fraction of sp³-hybridized carbons (Fsp3) is 0.533. The summed E-state index contributed by atoms with van der Waals surface area (Å²) >= 11 is 0. The van der Waals surface area contributed by atoms with Crippen LogP contribution in [0.25, 0.3) is 0 Å². The predicted molar refractivity (Wildman–Crippen MR) is 72.7 cm³/mol. The van der Waals surface area contributed by atoms with Gasteiger partial charge in [0.2, 0.25) is 0 Å². The summed E-state index contributed by atoms with van der Waals surface area (Å²) in [6.07, 6.45) is 5.15. The highest BCUT2D eigenvalue weighted by atomic mass is 16.7. The molecule has 0 amide bonds. The van der Waals surface area contributed by atoms with E-state index in [1.165, 1.54) is 6.42 Å². The highest BCUT2D eigenvalue weighted by Crippen LogP contribution is 2.46. The van der Waals surface area contributed by atoms with Crippen molar-refractivity contribution < 1.29 is 19.4 Å². The second-order valence-electron chi connectivity index (χ2n) is 5.59.